The normalized spacial score (nSPS) is 12.8. The van der Waals surface area contributed by atoms with Gasteiger partial charge in [-0.25, -0.2) is 0 Å². The summed E-state index contributed by atoms with van der Waals surface area (Å²) >= 11 is 7.54. The number of nitrogens with two attached hydrogens (primary N) is 1. The van der Waals surface area contributed by atoms with Crippen molar-refractivity contribution in [2.75, 3.05) is 0 Å². The third-order valence-electron chi connectivity index (χ3n) is 2.91. The average molecular weight is 275 g/mol. The number of thiophene rings is 1. The van der Waals surface area contributed by atoms with Gasteiger partial charge in [0.15, 0.2) is 0 Å². The first-order valence-electron chi connectivity index (χ1n) is 5.59. The first-order valence-corrected chi connectivity index (χ1v) is 6.84. The van der Waals surface area contributed by atoms with Crippen molar-refractivity contribution in [2.24, 2.45) is 5.73 Å². The van der Waals surface area contributed by atoms with Gasteiger partial charge in [0.2, 0.25) is 0 Å². The van der Waals surface area contributed by atoms with E-state index in [-0.39, 0.29) is 6.04 Å². The van der Waals surface area contributed by atoms with Crippen molar-refractivity contribution in [3.8, 4) is 0 Å². The highest BCUT2D eigenvalue weighted by atomic mass is 35.5. The number of nitrogens with zero attached hydrogens (tertiary/aromatic N) is 1. The maximum Gasteiger partial charge on any atom is 0.0740 e. The monoisotopic (exact) mass is 274 g/mol. The summed E-state index contributed by atoms with van der Waals surface area (Å²) in [5.74, 6) is 0. The lowest BCUT2D eigenvalue weighted by Crippen LogP contribution is -2.13. The molecular weight excluding hydrogens is 264 g/mol. The van der Waals surface area contributed by atoms with Crippen LogP contribution in [0.5, 0.6) is 0 Å². The average Bonchev–Trinajstić information content (AvgIpc) is 2.87. The fraction of sp³-hybridized carbons (Fsp3) is 0.0714. The number of hydrogen-bond donors (Lipinski definition) is 1. The van der Waals surface area contributed by atoms with E-state index < -0.39 is 0 Å². The summed E-state index contributed by atoms with van der Waals surface area (Å²) in [7, 11) is 0. The molecule has 2 N–H and O–H groups in total. The molecule has 0 aliphatic carbocycles. The second-order valence-electron chi connectivity index (χ2n) is 4.07. The van der Waals surface area contributed by atoms with E-state index >= 15 is 0 Å². The molecule has 0 fully saturated rings. The fourth-order valence-corrected chi connectivity index (χ4v) is 3.06. The zero-order chi connectivity index (χ0) is 12.5. The van der Waals surface area contributed by atoms with Gasteiger partial charge in [0.1, 0.15) is 0 Å². The van der Waals surface area contributed by atoms with E-state index in [0.29, 0.717) is 5.02 Å². The Bertz CT molecular complexity index is 676. The molecule has 1 unspecified atom stereocenters. The fourth-order valence-electron chi connectivity index (χ4n) is 1.99. The van der Waals surface area contributed by atoms with Gasteiger partial charge < -0.3 is 5.73 Å². The summed E-state index contributed by atoms with van der Waals surface area (Å²) in [5, 5.41) is 3.93. The van der Waals surface area contributed by atoms with Crippen LogP contribution in [0, 0.1) is 0 Å². The van der Waals surface area contributed by atoms with Crippen molar-refractivity contribution in [3.63, 3.8) is 0 Å². The Balaban J connectivity index is 2.08. The third-order valence-corrected chi connectivity index (χ3v) is 4.12. The van der Waals surface area contributed by atoms with Crippen LogP contribution in [-0.4, -0.2) is 4.98 Å². The number of aromatic nitrogens is 1. The molecule has 4 heteroatoms. The quantitative estimate of drug-likeness (QED) is 0.767. The minimum absolute atomic E-state index is 0.218. The molecule has 0 amide bonds. The molecule has 3 aromatic rings. The number of fused-ring (bicyclic) bond motifs is 1. The van der Waals surface area contributed by atoms with Crippen molar-refractivity contribution in [1.82, 2.24) is 4.98 Å². The summed E-state index contributed by atoms with van der Waals surface area (Å²) in [6.07, 6.45) is 1.63. The van der Waals surface area contributed by atoms with Crippen LogP contribution in [0.25, 0.3) is 10.1 Å². The zero-order valence-electron chi connectivity index (χ0n) is 9.51. The van der Waals surface area contributed by atoms with Crippen LogP contribution in [0.2, 0.25) is 5.02 Å². The van der Waals surface area contributed by atoms with Gasteiger partial charge in [-0.3, -0.25) is 4.98 Å². The van der Waals surface area contributed by atoms with Crippen LogP contribution >= 0.6 is 22.9 Å². The molecular formula is C14H11ClN2S. The molecule has 0 aliphatic rings. The maximum absolute atomic E-state index is 6.29. The summed E-state index contributed by atoms with van der Waals surface area (Å²) in [5.41, 5.74) is 8.23. The highest BCUT2D eigenvalue weighted by Crippen LogP contribution is 2.30. The van der Waals surface area contributed by atoms with Gasteiger partial charge in [-0.05, 0) is 34.5 Å². The van der Waals surface area contributed by atoms with Crippen LogP contribution in [0.1, 0.15) is 17.3 Å². The van der Waals surface area contributed by atoms with Gasteiger partial charge in [0, 0.05) is 10.9 Å². The maximum atomic E-state index is 6.29. The molecule has 90 valence electrons. The largest absolute Gasteiger partial charge is 0.319 e. The summed E-state index contributed by atoms with van der Waals surface area (Å²) in [6, 6.07) is 11.8. The van der Waals surface area contributed by atoms with E-state index in [1.807, 2.05) is 18.2 Å². The molecule has 3 rings (SSSR count). The molecule has 0 spiro atoms. The molecule has 18 heavy (non-hydrogen) atoms. The second kappa shape index (κ2) is 4.69. The molecule has 2 heterocycles. The van der Waals surface area contributed by atoms with E-state index in [4.69, 9.17) is 17.3 Å². The van der Waals surface area contributed by atoms with Crippen LogP contribution in [-0.2, 0) is 0 Å². The summed E-state index contributed by atoms with van der Waals surface area (Å²) in [6.45, 7) is 0. The number of rotatable bonds is 2. The van der Waals surface area contributed by atoms with E-state index in [1.165, 1.54) is 10.1 Å². The van der Waals surface area contributed by atoms with Crippen molar-refractivity contribution in [1.29, 1.82) is 0 Å². The Kier molecular flexibility index (Phi) is 3.04. The van der Waals surface area contributed by atoms with Crippen LogP contribution in [0.15, 0.2) is 48.0 Å². The molecule has 0 aliphatic heterocycles. The predicted octanol–water partition coefficient (Wildman–Crippen LogP) is 4.00. The first-order chi connectivity index (χ1) is 8.75. The summed E-state index contributed by atoms with van der Waals surface area (Å²) in [4.78, 5) is 4.29. The molecule has 1 atom stereocenters. The van der Waals surface area contributed by atoms with Crippen molar-refractivity contribution in [3.05, 3.63) is 64.3 Å². The van der Waals surface area contributed by atoms with Gasteiger partial charge in [-0.15, -0.1) is 11.3 Å². The Hall–Kier alpha value is -1.42. The Morgan fingerprint density at radius 3 is 2.83 bits per heavy atom. The molecule has 2 nitrogen and oxygen atoms in total. The Morgan fingerprint density at radius 2 is 2.06 bits per heavy atom. The van der Waals surface area contributed by atoms with Gasteiger partial charge >= 0.3 is 0 Å². The molecule has 2 aromatic heterocycles. The number of benzene rings is 1. The number of pyridine rings is 1. The van der Waals surface area contributed by atoms with Crippen molar-refractivity contribution >= 4 is 33.0 Å². The smallest absolute Gasteiger partial charge is 0.0740 e. The molecule has 0 saturated heterocycles. The zero-order valence-corrected chi connectivity index (χ0v) is 11.1. The van der Waals surface area contributed by atoms with E-state index in [2.05, 4.69) is 28.6 Å². The van der Waals surface area contributed by atoms with Crippen LogP contribution in [0.4, 0.5) is 0 Å². The summed E-state index contributed by atoms with van der Waals surface area (Å²) < 4.78 is 1.22. The van der Waals surface area contributed by atoms with Gasteiger partial charge in [0.05, 0.1) is 16.8 Å². The van der Waals surface area contributed by atoms with Crippen molar-refractivity contribution < 1.29 is 0 Å². The highest BCUT2D eigenvalue weighted by molar-refractivity contribution is 7.17. The third kappa shape index (κ3) is 2.01. The topological polar surface area (TPSA) is 38.9 Å². The van der Waals surface area contributed by atoms with E-state index in [1.54, 1.807) is 17.5 Å². The standard InChI is InChI=1S/C14H11ClN2S/c15-10-4-5-12(17-8-10)13(16)11-3-1-2-9-6-7-18-14(9)11/h1-8,13H,16H2. The molecule has 0 saturated carbocycles. The number of halogens is 1. The lowest BCUT2D eigenvalue weighted by atomic mass is 10.0. The van der Waals surface area contributed by atoms with E-state index in [9.17, 15) is 0 Å². The van der Waals surface area contributed by atoms with Gasteiger partial charge in [0.25, 0.3) is 0 Å². The predicted molar refractivity (Wildman–Crippen MR) is 77.1 cm³/mol. The number of hydrogen-bond acceptors (Lipinski definition) is 3. The van der Waals surface area contributed by atoms with Gasteiger partial charge in [-0.1, -0.05) is 29.8 Å². The minimum Gasteiger partial charge on any atom is -0.319 e. The van der Waals surface area contributed by atoms with E-state index in [0.717, 1.165) is 11.3 Å². The van der Waals surface area contributed by atoms with Crippen LogP contribution in [0.3, 0.4) is 0 Å². The lowest BCUT2D eigenvalue weighted by Gasteiger charge is -2.12. The lowest BCUT2D eigenvalue weighted by molar-refractivity contribution is 0.838. The minimum atomic E-state index is -0.218. The van der Waals surface area contributed by atoms with Crippen molar-refractivity contribution in [2.45, 2.75) is 6.04 Å². The van der Waals surface area contributed by atoms with Crippen LogP contribution < -0.4 is 5.73 Å². The van der Waals surface area contributed by atoms with Gasteiger partial charge in [-0.2, -0.15) is 0 Å². The molecule has 1 aromatic carbocycles. The molecule has 0 bridgehead atoms. The Morgan fingerprint density at radius 1 is 1.17 bits per heavy atom. The first kappa shape index (κ1) is 11.7. The molecule has 0 radical (unpaired) electrons. The Labute approximate surface area is 114 Å². The SMILES string of the molecule is NC(c1ccc(Cl)cn1)c1cccc2ccsc12. The second-order valence-corrected chi connectivity index (χ2v) is 5.42. The highest BCUT2D eigenvalue weighted by Gasteiger charge is 2.13.